The number of ketones is 1. The quantitative estimate of drug-likeness (QED) is 0.562. The van der Waals surface area contributed by atoms with Crippen molar-refractivity contribution >= 4 is 44.2 Å². The summed E-state index contributed by atoms with van der Waals surface area (Å²) in [6, 6.07) is 14.4. The number of hydrogen-bond donors (Lipinski definition) is 2. The number of benzene rings is 2. The van der Waals surface area contributed by atoms with Crippen LogP contribution in [0.25, 0.3) is 10.9 Å². The molecule has 2 N–H and O–H groups in total. The third kappa shape index (κ3) is 2.73. The van der Waals surface area contributed by atoms with Crippen molar-refractivity contribution in [2.45, 2.75) is 0 Å². The van der Waals surface area contributed by atoms with Crippen molar-refractivity contribution in [3.05, 3.63) is 64.8 Å². The Morgan fingerprint density at radius 2 is 1.71 bits per heavy atom. The molecule has 0 unspecified atom stereocenters. The summed E-state index contributed by atoms with van der Waals surface area (Å²) in [4.78, 5) is 27.3. The van der Waals surface area contributed by atoms with E-state index < -0.39 is 11.7 Å². The maximum Gasteiger partial charge on any atom is 0.296 e. The summed E-state index contributed by atoms with van der Waals surface area (Å²) in [7, 11) is 0. The molecule has 0 aliphatic carbocycles. The molecule has 1 heterocycles. The molecule has 3 rings (SSSR count). The Bertz CT molecular complexity index is 822. The van der Waals surface area contributed by atoms with Crippen LogP contribution in [0.1, 0.15) is 10.4 Å². The summed E-state index contributed by atoms with van der Waals surface area (Å²) in [5.41, 5.74) is 1.79. The Morgan fingerprint density at radius 1 is 1.00 bits per heavy atom. The van der Waals surface area contributed by atoms with Crippen molar-refractivity contribution in [1.82, 2.24) is 4.98 Å². The van der Waals surface area contributed by atoms with Crippen LogP contribution >= 0.6 is 15.9 Å². The molecule has 0 aliphatic heterocycles. The molecule has 0 atom stereocenters. The van der Waals surface area contributed by atoms with Crippen molar-refractivity contribution < 1.29 is 9.59 Å². The summed E-state index contributed by atoms with van der Waals surface area (Å²) in [6.45, 7) is 0. The van der Waals surface area contributed by atoms with Gasteiger partial charge in [-0.15, -0.1) is 0 Å². The normalized spacial score (nSPS) is 10.5. The Labute approximate surface area is 129 Å². The van der Waals surface area contributed by atoms with Crippen LogP contribution in [0.4, 0.5) is 5.69 Å². The van der Waals surface area contributed by atoms with E-state index in [1.807, 2.05) is 24.3 Å². The number of carbonyl (C=O) groups is 2. The van der Waals surface area contributed by atoms with E-state index >= 15 is 0 Å². The van der Waals surface area contributed by atoms with Crippen molar-refractivity contribution in [1.29, 1.82) is 0 Å². The largest absolute Gasteiger partial charge is 0.360 e. The number of halogens is 1. The monoisotopic (exact) mass is 342 g/mol. The van der Waals surface area contributed by atoms with Gasteiger partial charge in [-0.25, -0.2) is 0 Å². The van der Waals surface area contributed by atoms with Crippen LogP contribution in [0, 0.1) is 0 Å². The fourth-order valence-corrected chi connectivity index (χ4v) is 2.37. The van der Waals surface area contributed by atoms with Gasteiger partial charge >= 0.3 is 0 Å². The second-order valence-electron chi connectivity index (χ2n) is 4.54. The number of carbonyl (C=O) groups excluding carboxylic acids is 2. The number of aromatic amines is 1. The maximum absolute atomic E-state index is 12.2. The van der Waals surface area contributed by atoms with Gasteiger partial charge in [0.25, 0.3) is 11.7 Å². The molecule has 0 saturated heterocycles. The highest BCUT2D eigenvalue weighted by Gasteiger charge is 2.19. The predicted octanol–water partition coefficient (Wildman–Crippen LogP) is 3.75. The van der Waals surface area contributed by atoms with Crippen LogP contribution in [0.5, 0.6) is 0 Å². The molecule has 3 aromatic rings. The lowest BCUT2D eigenvalue weighted by atomic mass is 10.1. The van der Waals surface area contributed by atoms with E-state index in [9.17, 15) is 9.59 Å². The van der Waals surface area contributed by atoms with Gasteiger partial charge in [-0.1, -0.05) is 34.1 Å². The average Bonchev–Trinajstić information content (AvgIpc) is 2.92. The second kappa shape index (κ2) is 5.54. The Hall–Kier alpha value is -2.40. The summed E-state index contributed by atoms with van der Waals surface area (Å²) >= 11 is 3.32. The first-order chi connectivity index (χ1) is 10.1. The molecule has 104 valence electrons. The highest BCUT2D eigenvalue weighted by Crippen LogP contribution is 2.19. The van der Waals surface area contributed by atoms with Gasteiger partial charge in [-0.2, -0.15) is 0 Å². The maximum atomic E-state index is 12.2. The molecular weight excluding hydrogens is 332 g/mol. The van der Waals surface area contributed by atoms with Crippen LogP contribution in [-0.2, 0) is 4.79 Å². The number of anilines is 1. The molecule has 0 aliphatic rings. The van der Waals surface area contributed by atoms with Crippen LogP contribution in [0.3, 0.4) is 0 Å². The van der Waals surface area contributed by atoms with Gasteiger partial charge in [0.1, 0.15) is 0 Å². The topological polar surface area (TPSA) is 62.0 Å². The fourth-order valence-electron chi connectivity index (χ4n) is 2.10. The third-order valence-corrected chi connectivity index (χ3v) is 3.67. The van der Waals surface area contributed by atoms with Gasteiger partial charge in [0.05, 0.1) is 5.56 Å². The minimum absolute atomic E-state index is 0.375. The van der Waals surface area contributed by atoms with E-state index in [1.165, 1.54) is 0 Å². The second-order valence-corrected chi connectivity index (χ2v) is 5.45. The lowest BCUT2D eigenvalue weighted by molar-refractivity contribution is -0.112. The Kier molecular flexibility index (Phi) is 3.58. The number of fused-ring (bicyclic) bond motifs is 1. The van der Waals surface area contributed by atoms with Gasteiger partial charge < -0.3 is 10.3 Å². The molecule has 0 radical (unpaired) electrons. The summed E-state index contributed by atoms with van der Waals surface area (Å²) in [6.07, 6.45) is 1.56. The van der Waals surface area contributed by atoms with Crippen molar-refractivity contribution in [3.8, 4) is 0 Å². The van der Waals surface area contributed by atoms with Gasteiger partial charge in [0.15, 0.2) is 0 Å². The number of Topliss-reactive ketones (excluding diaryl/α,β-unsaturated/α-hetero) is 1. The van der Waals surface area contributed by atoms with Gasteiger partial charge in [-0.05, 0) is 30.3 Å². The van der Waals surface area contributed by atoms with Gasteiger partial charge in [0, 0.05) is 27.3 Å². The molecule has 1 aromatic heterocycles. The first kappa shape index (κ1) is 13.6. The standard InChI is InChI=1S/C16H11BrN2O2/c17-10-5-7-11(8-6-10)19-16(21)15(20)13-9-18-14-4-2-1-3-12(13)14/h1-9,18H,(H,19,21). The van der Waals surface area contributed by atoms with Gasteiger partial charge in [-0.3, -0.25) is 9.59 Å². The smallest absolute Gasteiger partial charge is 0.296 e. The molecular formula is C16H11BrN2O2. The van der Waals surface area contributed by atoms with E-state index in [-0.39, 0.29) is 0 Å². The molecule has 1 amide bonds. The number of hydrogen-bond acceptors (Lipinski definition) is 2. The first-order valence-electron chi connectivity index (χ1n) is 6.32. The SMILES string of the molecule is O=C(Nc1ccc(Br)cc1)C(=O)c1c[nH]c2ccccc12. The van der Waals surface area contributed by atoms with Crippen LogP contribution in [0.2, 0.25) is 0 Å². The third-order valence-electron chi connectivity index (χ3n) is 3.14. The molecule has 0 spiro atoms. The first-order valence-corrected chi connectivity index (χ1v) is 7.12. The number of H-pyrrole nitrogens is 1. The highest BCUT2D eigenvalue weighted by atomic mass is 79.9. The molecule has 2 aromatic carbocycles. The summed E-state index contributed by atoms with van der Waals surface area (Å²) in [5, 5.41) is 3.34. The lowest BCUT2D eigenvalue weighted by Crippen LogP contribution is -2.22. The van der Waals surface area contributed by atoms with E-state index in [2.05, 4.69) is 26.2 Å². The predicted molar refractivity (Wildman–Crippen MR) is 85.4 cm³/mol. The van der Waals surface area contributed by atoms with Crippen LogP contribution in [-0.4, -0.2) is 16.7 Å². The van der Waals surface area contributed by atoms with Crippen LogP contribution in [0.15, 0.2) is 59.2 Å². The average molecular weight is 343 g/mol. The van der Waals surface area contributed by atoms with E-state index in [0.29, 0.717) is 11.3 Å². The molecule has 4 nitrogen and oxygen atoms in total. The summed E-state index contributed by atoms with van der Waals surface area (Å²) in [5.74, 6) is -1.21. The van der Waals surface area contributed by atoms with E-state index in [1.54, 1.807) is 30.5 Å². The number of amides is 1. The molecule has 0 bridgehead atoms. The zero-order valence-electron chi connectivity index (χ0n) is 10.9. The van der Waals surface area contributed by atoms with Crippen LogP contribution < -0.4 is 5.32 Å². The fraction of sp³-hybridized carbons (Fsp3) is 0. The number of para-hydroxylation sites is 1. The number of nitrogens with one attached hydrogen (secondary N) is 2. The Morgan fingerprint density at radius 3 is 2.48 bits per heavy atom. The van der Waals surface area contributed by atoms with Gasteiger partial charge in [0.2, 0.25) is 0 Å². The molecule has 0 fully saturated rings. The lowest BCUT2D eigenvalue weighted by Gasteiger charge is -2.04. The van der Waals surface area contributed by atoms with Crippen molar-refractivity contribution in [2.75, 3.05) is 5.32 Å². The summed E-state index contributed by atoms with van der Waals surface area (Å²) < 4.78 is 0.906. The minimum Gasteiger partial charge on any atom is -0.360 e. The number of rotatable bonds is 3. The van der Waals surface area contributed by atoms with Crippen molar-refractivity contribution in [3.63, 3.8) is 0 Å². The molecule has 21 heavy (non-hydrogen) atoms. The minimum atomic E-state index is -0.651. The molecule has 5 heteroatoms. The highest BCUT2D eigenvalue weighted by molar-refractivity contribution is 9.10. The zero-order valence-corrected chi connectivity index (χ0v) is 12.5. The van der Waals surface area contributed by atoms with Crippen molar-refractivity contribution in [2.24, 2.45) is 0 Å². The molecule has 0 saturated carbocycles. The Balaban J connectivity index is 1.84. The zero-order chi connectivity index (χ0) is 14.8. The van der Waals surface area contributed by atoms with E-state index in [0.717, 1.165) is 15.4 Å². The number of aromatic nitrogens is 1. The van der Waals surface area contributed by atoms with E-state index in [4.69, 9.17) is 0 Å².